The van der Waals surface area contributed by atoms with Crippen molar-refractivity contribution in [2.45, 2.75) is 79.8 Å². The summed E-state index contributed by atoms with van der Waals surface area (Å²) >= 11 is 0. The van der Waals surface area contributed by atoms with Crippen LogP contribution in [0.5, 0.6) is 0 Å². The van der Waals surface area contributed by atoms with Crippen LogP contribution in [0.25, 0.3) is 0 Å². The van der Waals surface area contributed by atoms with Crippen LogP contribution in [-0.4, -0.2) is 59.9 Å². The maximum atomic E-state index is 13.6. The first-order chi connectivity index (χ1) is 20.6. The second-order valence-corrected chi connectivity index (χ2v) is 12.6. The number of allylic oxidation sites excluding steroid dienone is 2. The molecule has 10 nitrogen and oxygen atoms in total. The molecule has 230 valence electrons. The molecule has 6 rings (SSSR count). The van der Waals surface area contributed by atoms with Gasteiger partial charge < -0.3 is 18.9 Å². The lowest BCUT2D eigenvalue weighted by Gasteiger charge is -2.37. The minimum atomic E-state index is -0.999. The Bertz CT molecular complexity index is 1570. The zero-order chi connectivity index (χ0) is 32.1. The van der Waals surface area contributed by atoms with E-state index in [2.05, 4.69) is 0 Å². The van der Waals surface area contributed by atoms with Gasteiger partial charge in [-0.1, -0.05) is 22.3 Å². The maximum absolute atomic E-state index is 13.6. The molecule has 2 aliphatic heterocycles. The number of ether oxygens (including phenoxy) is 4. The van der Waals surface area contributed by atoms with Crippen molar-refractivity contribution >= 4 is 35.4 Å². The number of hydrogen-bond acceptors (Lipinski definition) is 10. The summed E-state index contributed by atoms with van der Waals surface area (Å²) in [5.74, 6) is -5.76. The highest BCUT2D eigenvalue weighted by molar-refractivity contribution is 6.10. The van der Waals surface area contributed by atoms with Crippen molar-refractivity contribution in [3.05, 3.63) is 67.9 Å². The van der Waals surface area contributed by atoms with Crippen LogP contribution in [0.1, 0.15) is 55.4 Å². The van der Waals surface area contributed by atoms with E-state index in [1.807, 2.05) is 0 Å². The summed E-state index contributed by atoms with van der Waals surface area (Å²) in [6, 6.07) is 0. The molecule has 0 aromatic carbocycles. The van der Waals surface area contributed by atoms with Crippen LogP contribution >= 0.6 is 0 Å². The molecule has 10 heteroatoms. The molecule has 2 heterocycles. The van der Waals surface area contributed by atoms with Crippen LogP contribution in [0, 0.1) is 23.7 Å². The summed E-state index contributed by atoms with van der Waals surface area (Å²) < 4.78 is 23.8. The van der Waals surface area contributed by atoms with Crippen molar-refractivity contribution in [3.63, 3.8) is 0 Å². The van der Waals surface area contributed by atoms with Crippen LogP contribution in [0.2, 0.25) is 0 Å². The Balaban J connectivity index is 1.66. The van der Waals surface area contributed by atoms with Crippen LogP contribution in [0.3, 0.4) is 0 Å². The first-order valence-electron chi connectivity index (χ1n) is 14.7. The van der Waals surface area contributed by atoms with Gasteiger partial charge in [0.2, 0.25) is 0 Å². The molecule has 0 N–H and O–H groups in total. The molecule has 0 aromatic rings. The third-order valence-corrected chi connectivity index (χ3v) is 10.1. The van der Waals surface area contributed by atoms with Crippen LogP contribution < -0.4 is 0 Å². The van der Waals surface area contributed by atoms with Gasteiger partial charge in [0, 0.05) is 59.1 Å². The predicted molar refractivity (Wildman–Crippen MR) is 153 cm³/mol. The molecule has 0 radical (unpaired) electrons. The molecule has 0 unspecified atom stereocenters. The molecule has 4 aliphatic carbocycles. The van der Waals surface area contributed by atoms with Crippen LogP contribution in [0.15, 0.2) is 67.9 Å². The summed E-state index contributed by atoms with van der Waals surface area (Å²) in [5.41, 5.74) is 4.75. The van der Waals surface area contributed by atoms with Gasteiger partial charge in [-0.25, -0.2) is 9.59 Å². The Labute approximate surface area is 254 Å². The molecule has 0 aromatic heterocycles. The number of fused-ring (bicyclic) bond motifs is 4. The Morgan fingerprint density at radius 3 is 1.27 bits per heavy atom. The number of hydrogen-bond donors (Lipinski definition) is 0. The van der Waals surface area contributed by atoms with Crippen molar-refractivity contribution in [2.75, 3.05) is 0 Å². The van der Waals surface area contributed by atoms with Gasteiger partial charge in [-0.2, -0.15) is 0 Å². The molecule has 0 amide bonds. The highest BCUT2D eigenvalue weighted by Gasteiger charge is 2.59. The fourth-order valence-corrected chi connectivity index (χ4v) is 8.36. The van der Waals surface area contributed by atoms with E-state index in [0.29, 0.717) is 44.6 Å². The van der Waals surface area contributed by atoms with Gasteiger partial charge >= 0.3 is 23.9 Å². The largest absolute Gasteiger partial charge is 0.457 e. The van der Waals surface area contributed by atoms with E-state index in [-0.39, 0.29) is 22.7 Å². The molecule has 6 aliphatic rings. The second kappa shape index (κ2) is 10.1. The Hall–Kier alpha value is -4.34. The number of carbonyl (C=O) groups is 6. The lowest BCUT2D eigenvalue weighted by atomic mass is 9.71. The van der Waals surface area contributed by atoms with Gasteiger partial charge in [0.05, 0.1) is 11.8 Å². The van der Waals surface area contributed by atoms with Gasteiger partial charge in [0.1, 0.15) is 24.4 Å². The van der Waals surface area contributed by atoms with Gasteiger partial charge in [-0.15, -0.1) is 0 Å². The van der Waals surface area contributed by atoms with Crippen molar-refractivity contribution in [1.82, 2.24) is 0 Å². The van der Waals surface area contributed by atoms with E-state index in [1.54, 1.807) is 41.5 Å². The minimum Gasteiger partial charge on any atom is -0.457 e. The third-order valence-electron chi connectivity index (χ3n) is 10.1. The molecule has 44 heavy (non-hydrogen) atoms. The Morgan fingerprint density at radius 1 is 0.614 bits per heavy atom. The normalized spacial score (nSPS) is 34.5. The Kier molecular flexibility index (Phi) is 6.83. The molecular formula is C34H34O10. The fraction of sp³-hybridized carbons (Fsp3) is 0.471. The SMILES string of the molecule is CC(=O)O[C@@H]1C2=C(C)C(=O)O[C@@H]2[C@@H]([C@@H]2C(C)=C3C(=O)C=C(C)[C@@H]3[C@@H](OC(C)=O)C3=C(C)C(=O)O[C@H]32)C(C)=C2C(=O)C=C(C)[C@H]21. The minimum absolute atomic E-state index is 0.254. The number of esters is 4. The molecule has 0 saturated carbocycles. The maximum Gasteiger partial charge on any atom is 0.334 e. The first kappa shape index (κ1) is 29.7. The predicted octanol–water partition coefficient (Wildman–Crippen LogP) is 3.52. The number of rotatable bonds is 3. The molecule has 0 bridgehead atoms. The Morgan fingerprint density at radius 2 is 0.955 bits per heavy atom. The molecule has 0 saturated heterocycles. The van der Waals surface area contributed by atoms with Crippen molar-refractivity contribution < 1.29 is 47.7 Å². The summed E-state index contributed by atoms with van der Waals surface area (Å²) in [6.45, 7) is 12.9. The average molecular weight is 603 g/mol. The van der Waals surface area contributed by atoms with Gasteiger partial charge in [-0.3, -0.25) is 19.2 Å². The van der Waals surface area contributed by atoms with E-state index in [0.717, 1.165) is 0 Å². The summed E-state index contributed by atoms with van der Waals surface area (Å²) in [5, 5.41) is 0. The zero-order valence-corrected chi connectivity index (χ0v) is 25.9. The fourth-order valence-electron chi connectivity index (χ4n) is 8.36. The summed E-state index contributed by atoms with van der Waals surface area (Å²) in [4.78, 5) is 78.6. The summed E-state index contributed by atoms with van der Waals surface area (Å²) in [7, 11) is 0. The van der Waals surface area contributed by atoms with E-state index in [4.69, 9.17) is 18.9 Å². The lowest BCUT2D eigenvalue weighted by Crippen LogP contribution is -2.42. The standard InChI is InChI=1S/C34H34O10/c1-11-9-19(37)23-13(3)25(31-27(15(5)33(39)43-31)29(21(11)23)41-17(7)35)26-14(4)24-20(38)10-12(2)22(24)30(42-18(8)36)28-16(6)34(40)44-32(26)28/h9-10,21-22,25-26,29-32H,1-8H3/t21-,22+,25-,26+,29+,30-,31-,32+. The molecule has 0 fully saturated rings. The van der Waals surface area contributed by atoms with E-state index >= 15 is 0 Å². The zero-order valence-electron chi connectivity index (χ0n) is 25.9. The third kappa shape index (κ3) is 4.06. The van der Waals surface area contributed by atoms with E-state index in [9.17, 15) is 28.8 Å². The first-order valence-corrected chi connectivity index (χ1v) is 14.7. The molecular weight excluding hydrogens is 568 g/mol. The quantitative estimate of drug-likeness (QED) is 0.348. The van der Waals surface area contributed by atoms with Gasteiger partial charge in [0.25, 0.3) is 0 Å². The number of ketones is 2. The van der Waals surface area contributed by atoms with Crippen molar-refractivity contribution in [2.24, 2.45) is 23.7 Å². The monoisotopic (exact) mass is 602 g/mol. The van der Waals surface area contributed by atoms with Gasteiger partial charge in [-0.05, 0) is 53.7 Å². The topological polar surface area (TPSA) is 139 Å². The van der Waals surface area contributed by atoms with Crippen LogP contribution in [-0.2, 0) is 47.7 Å². The van der Waals surface area contributed by atoms with Crippen molar-refractivity contribution in [3.8, 4) is 0 Å². The van der Waals surface area contributed by atoms with Crippen molar-refractivity contribution in [1.29, 1.82) is 0 Å². The van der Waals surface area contributed by atoms with E-state index in [1.165, 1.54) is 26.0 Å². The van der Waals surface area contributed by atoms with Gasteiger partial charge in [0.15, 0.2) is 11.6 Å². The second-order valence-electron chi connectivity index (χ2n) is 12.6. The van der Waals surface area contributed by atoms with Crippen LogP contribution in [0.4, 0.5) is 0 Å². The lowest BCUT2D eigenvalue weighted by molar-refractivity contribution is -0.150. The smallest absolute Gasteiger partial charge is 0.334 e. The summed E-state index contributed by atoms with van der Waals surface area (Å²) in [6.07, 6.45) is -0.949. The highest BCUT2D eigenvalue weighted by Crippen LogP contribution is 2.56. The average Bonchev–Trinajstić information content (AvgIpc) is 3.55. The van der Waals surface area contributed by atoms with E-state index < -0.39 is 72.0 Å². The molecule has 0 spiro atoms. The highest BCUT2D eigenvalue weighted by atomic mass is 16.6. The molecule has 8 atom stereocenters. The number of carbonyl (C=O) groups excluding carboxylic acids is 6.